The molecule has 2 aromatic heterocycles. The molecule has 0 bridgehead atoms. The van der Waals surface area contributed by atoms with Crippen LogP contribution in [0.3, 0.4) is 0 Å². The van der Waals surface area contributed by atoms with Gasteiger partial charge in [0.1, 0.15) is 11.4 Å². The minimum Gasteiger partial charge on any atom is -0.507 e. The second-order valence-corrected chi connectivity index (χ2v) is 7.63. The molecule has 9 heteroatoms. The number of aromatic hydroxyl groups is 1. The zero-order valence-electron chi connectivity index (χ0n) is 18.4. The summed E-state index contributed by atoms with van der Waals surface area (Å²) in [6.45, 7) is 2.00. The van der Waals surface area contributed by atoms with Crippen LogP contribution in [0.1, 0.15) is 26.2 Å². The Morgan fingerprint density at radius 2 is 1.91 bits per heavy atom. The van der Waals surface area contributed by atoms with Crippen LogP contribution in [0, 0.1) is 10.1 Å². The van der Waals surface area contributed by atoms with Crippen molar-refractivity contribution in [1.29, 1.82) is 0 Å². The molecular weight excluding hydrogens is 436 g/mol. The molecule has 0 fully saturated rings. The van der Waals surface area contributed by atoms with Gasteiger partial charge in [-0.15, -0.1) is 0 Å². The van der Waals surface area contributed by atoms with Gasteiger partial charge in [0.2, 0.25) is 17.7 Å². The van der Waals surface area contributed by atoms with Gasteiger partial charge in [0.15, 0.2) is 0 Å². The second-order valence-electron chi connectivity index (χ2n) is 7.63. The number of benzene rings is 2. The number of carbonyl (C=O) groups is 1. The monoisotopic (exact) mass is 458 g/mol. The van der Waals surface area contributed by atoms with E-state index in [1.807, 2.05) is 6.92 Å². The standard InChI is InChI=1S/C25H22N4O5/c1-2-3-9-22(31)27-25-23(18-7-5-12-26-15-18)28-24(34-25)20-11-10-17(14-21(20)30)16-6-4-8-19(13-16)29(32)33/h4-8,10-15,30H,2-3,9H2,1H3,(H,27,31). The van der Waals surface area contributed by atoms with E-state index in [4.69, 9.17) is 4.42 Å². The molecule has 34 heavy (non-hydrogen) atoms. The first kappa shape index (κ1) is 22.7. The summed E-state index contributed by atoms with van der Waals surface area (Å²) in [6, 6.07) is 14.5. The first-order valence-electron chi connectivity index (χ1n) is 10.8. The lowest BCUT2D eigenvalue weighted by Crippen LogP contribution is -2.11. The van der Waals surface area contributed by atoms with Crippen LogP contribution in [0.5, 0.6) is 5.75 Å². The van der Waals surface area contributed by atoms with Gasteiger partial charge in [-0.2, -0.15) is 0 Å². The Morgan fingerprint density at radius 3 is 2.62 bits per heavy atom. The number of anilines is 1. The number of amides is 1. The smallest absolute Gasteiger partial charge is 0.270 e. The van der Waals surface area contributed by atoms with E-state index in [1.54, 1.807) is 48.8 Å². The Labute approximate surface area is 195 Å². The Balaban J connectivity index is 1.70. The molecule has 0 aliphatic carbocycles. The van der Waals surface area contributed by atoms with E-state index in [2.05, 4.69) is 15.3 Å². The number of unbranched alkanes of at least 4 members (excludes halogenated alkanes) is 1. The van der Waals surface area contributed by atoms with Gasteiger partial charge in [0, 0.05) is 36.5 Å². The fourth-order valence-corrected chi connectivity index (χ4v) is 3.44. The minimum absolute atomic E-state index is 0.0432. The van der Waals surface area contributed by atoms with Gasteiger partial charge in [0.05, 0.1) is 10.5 Å². The fourth-order valence-electron chi connectivity index (χ4n) is 3.44. The first-order valence-corrected chi connectivity index (χ1v) is 10.8. The van der Waals surface area contributed by atoms with Crippen molar-refractivity contribution in [2.45, 2.75) is 26.2 Å². The van der Waals surface area contributed by atoms with E-state index in [1.165, 1.54) is 18.2 Å². The third kappa shape index (κ3) is 4.93. The van der Waals surface area contributed by atoms with E-state index < -0.39 is 4.92 Å². The highest BCUT2D eigenvalue weighted by molar-refractivity contribution is 5.93. The predicted octanol–water partition coefficient (Wildman–Crippen LogP) is 5.81. The summed E-state index contributed by atoms with van der Waals surface area (Å²) in [5.74, 6) is -0.0224. The van der Waals surface area contributed by atoms with Crippen LogP contribution in [0.15, 0.2) is 71.4 Å². The van der Waals surface area contributed by atoms with Crippen LogP contribution in [0.25, 0.3) is 33.8 Å². The number of carbonyl (C=O) groups excluding carboxylic acids is 1. The molecule has 0 saturated carbocycles. The Morgan fingerprint density at radius 1 is 1.12 bits per heavy atom. The third-order valence-electron chi connectivity index (χ3n) is 5.19. The summed E-state index contributed by atoms with van der Waals surface area (Å²) in [6.07, 6.45) is 5.21. The highest BCUT2D eigenvalue weighted by Gasteiger charge is 2.21. The molecule has 0 aliphatic heterocycles. The van der Waals surface area contributed by atoms with Crippen molar-refractivity contribution < 1.29 is 19.2 Å². The summed E-state index contributed by atoms with van der Waals surface area (Å²) >= 11 is 0. The number of nitro benzene ring substituents is 1. The van der Waals surface area contributed by atoms with Gasteiger partial charge in [0.25, 0.3) is 5.69 Å². The zero-order valence-corrected chi connectivity index (χ0v) is 18.4. The van der Waals surface area contributed by atoms with E-state index in [-0.39, 0.29) is 29.1 Å². The molecule has 0 atom stereocenters. The summed E-state index contributed by atoms with van der Waals surface area (Å²) in [5.41, 5.74) is 2.50. The van der Waals surface area contributed by atoms with Crippen LogP contribution >= 0.6 is 0 Å². The number of phenolic OH excluding ortho intramolecular Hbond substituents is 1. The molecule has 0 unspecified atom stereocenters. The fraction of sp³-hybridized carbons (Fsp3) is 0.160. The molecule has 0 aliphatic rings. The van der Waals surface area contributed by atoms with Crippen molar-refractivity contribution >= 4 is 17.5 Å². The van der Waals surface area contributed by atoms with Gasteiger partial charge in [-0.25, -0.2) is 4.98 Å². The lowest BCUT2D eigenvalue weighted by atomic mass is 10.0. The summed E-state index contributed by atoms with van der Waals surface area (Å²) in [4.78, 5) is 31.6. The van der Waals surface area contributed by atoms with Crippen LogP contribution in [-0.4, -0.2) is 25.9 Å². The maximum atomic E-state index is 12.3. The van der Waals surface area contributed by atoms with Gasteiger partial charge < -0.3 is 9.52 Å². The molecule has 2 N–H and O–H groups in total. The molecule has 2 aromatic carbocycles. The second kappa shape index (κ2) is 9.95. The van der Waals surface area contributed by atoms with E-state index >= 15 is 0 Å². The molecule has 4 aromatic rings. The Hall–Kier alpha value is -4.53. The van der Waals surface area contributed by atoms with Crippen molar-refractivity contribution in [1.82, 2.24) is 9.97 Å². The number of nitro groups is 1. The molecule has 0 saturated heterocycles. The average Bonchev–Trinajstić information content (AvgIpc) is 3.26. The van der Waals surface area contributed by atoms with E-state index in [9.17, 15) is 20.0 Å². The van der Waals surface area contributed by atoms with Crippen LogP contribution < -0.4 is 5.32 Å². The number of hydrogen-bond donors (Lipinski definition) is 2. The normalized spacial score (nSPS) is 10.7. The lowest BCUT2D eigenvalue weighted by molar-refractivity contribution is -0.384. The SMILES string of the molecule is CCCCC(=O)Nc1oc(-c2ccc(-c3cccc([N+](=O)[O-])c3)cc2O)nc1-c1cccnc1. The summed E-state index contributed by atoms with van der Waals surface area (Å²) in [7, 11) is 0. The van der Waals surface area contributed by atoms with E-state index in [0.29, 0.717) is 34.4 Å². The van der Waals surface area contributed by atoms with Crippen LogP contribution in [0.4, 0.5) is 11.6 Å². The Kier molecular flexibility index (Phi) is 6.63. The molecule has 9 nitrogen and oxygen atoms in total. The number of pyridine rings is 1. The minimum atomic E-state index is -0.471. The topological polar surface area (TPSA) is 131 Å². The largest absolute Gasteiger partial charge is 0.507 e. The lowest BCUT2D eigenvalue weighted by Gasteiger charge is -2.06. The van der Waals surface area contributed by atoms with Crippen LogP contribution in [0.2, 0.25) is 0 Å². The summed E-state index contributed by atoms with van der Waals surface area (Å²) in [5, 5.41) is 24.6. The molecule has 1 amide bonds. The zero-order chi connectivity index (χ0) is 24.1. The Bertz CT molecular complexity index is 1330. The third-order valence-corrected chi connectivity index (χ3v) is 5.19. The van der Waals surface area contributed by atoms with Crippen LogP contribution in [-0.2, 0) is 4.79 Å². The molecule has 172 valence electrons. The van der Waals surface area contributed by atoms with Crippen molar-refractivity contribution in [2.24, 2.45) is 0 Å². The number of oxazole rings is 1. The number of aromatic nitrogens is 2. The molecular formula is C25H22N4O5. The average molecular weight is 458 g/mol. The maximum Gasteiger partial charge on any atom is 0.270 e. The molecule has 0 spiro atoms. The molecule has 2 heterocycles. The predicted molar refractivity (Wildman–Crippen MR) is 127 cm³/mol. The summed E-state index contributed by atoms with van der Waals surface area (Å²) < 4.78 is 5.86. The number of nitrogens with zero attached hydrogens (tertiary/aromatic N) is 3. The van der Waals surface area contributed by atoms with Crippen molar-refractivity contribution in [3.8, 4) is 39.6 Å². The highest BCUT2D eigenvalue weighted by Crippen LogP contribution is 2.38. The van der Waals surface area contributed by atoms with Gasteiger partial charge >= 0.3 is 0 Å². The van der Waals surface area contributed by atoms with Gasteiger partial charge in [-0.05, 0) is 41.8 Å². The maximum absolute atomic E-state index is 12.3. The van der Waals surface area contributed by atoms with Crippen molar-refractivity contribution in [3.63, 3.8) is 0 Å². The number of nitrogens with one attached hydrogen (secondary N) is 1. The number of rotatable bonds is 8. The van der Waals surface area contributed by atoms with E-state index in [0.717, 1.165) is 12.8 Å². The highest BCUT2D eigenvalue weighted by atomic mass is 16.6. The van der Waals surface area contributed by atoms with Crippen molar-refractivity contribution in [3.05, 3.63) is 77.1 Å². The number of phenols is 1. The first-order chi connectivity index (χ1) is 16.5. The molecule has 4 rings (SSSR count). The number of hydrogen-bond acceptors (Lipinski definition) is 7. The van der Waals surface area contributed by atoms with Gasteiger partial charge in [-0.3, -0.25) is 25.2 Å². The van der Waals surface area contributed by atoms with Crippen molar-refractivity contribution in [2.75, 3.05) is 5.32 Å². The molecule has 0 radical (unpaired) electrons. The number of non-ortho nitro benzene ring substituents is 1. The van der Waals surface area contributed by atoms with Gasteiger partial charge in [-0.1, -0.05) is 31.5 Å². The quantitative estimate of drug-likeness (QED) is 0.251.